The molecule has 0 saturated heterocycles. The van der Waals surface area contributed by atoms with E-state index in [9.17, 15) is 4.79 Å². The lowest BCUT2D eigenvalue weighted by atomic mass is 10.2. The maximum atomic E-state index is 10.9. The van der Waals surface area contributed by atoms with Crippen molar-refractivity contribution in [3.05, 3.63) is 28.8 Å². The topological polar surface area (TPSA) is 29.5 Å². The van der Waals surface area contributed by atoms with Crippen LogP contribution in [-0.4, -0.2) is 24.3 Å². The zero-order valence-corrected chi connectivity index (χ0v) is 10.2. The van der Waals surface area contributed by atoms with E-state index in [-0.39, 0.29) is 5.24 Å². The van der Waals surface area contributed by atoms with Gasteiger partial charge < -0.3 is 9.64 Å². The van der Waals surface area contributed by atoms with E-state index in [0.29, 0.717) is 17.3 Å². The number of thiol groups is 1. The third kappa shape index (κ3) is 3.32. The van der Waals surface area contributed by atoms with Gasteiger partial charge in [-0.05, 0) is 17.7 Å². The number of carbonyl (C=O) groups is 1. The highest BCUT2D eigenvalue weighted by Gasteiger charge is 2.06. The highest BCUT2D eigenvalue weighted by molar-refractivity contribution is 7.96. The fourth-order valence-electron chi connectivity index (χ4n) is 1.15. The quantitative estimate of drug-likeness (QED) is 0.830. The Morgan fingerprint density at radius 2 is 2.27 bits per heavy atom. The molecule has 0 saturated carbocycles. The molecule has 3 nitrogen and oxygen atoms in total. The Morgan fingerprint density at radius 1 is 1.60 bits per heavy atom. The molecule has 1 aromatic carbocycles. The molecule has 0 bridgehead atoms. The van der Waals surface area contributed by atoms with E-state index in [0.717, 1.165) is 5.56 Å². The van der Waals surface area contributed by atoms with E-state index in [1.165, 1.54) is 4.90 Å². The summed E-state index contributed by atoms with van der Waals surface area (Å²) in [6, 6.07) is 5.40. The second-order valence-corrected chi connectivity index (χ2v) is 3.90. The van der Waals surface area contributed by atoms with Gasteiger partial charge in [0.2, 0.25) is 0 Å². The van der Waals surface area contributed by atoms with Gasteiger partial charge in [-0.2, -0.15) is 0 Å². The average Bonchev–Trinajstić information content (AvgIpc) is 2.18. The van der Waals surface area contributed by atoms with Gasteiger partial charge in [0.05, 0.1) is 12.1 Å². The van der Waals surface area contributed by atoms with Crippen molar-refractivity contribution in [1.29, 1.82) is 0 Å². The van der Waals surface area contributed by atoms with Crippen LogP contribution in [0.15, 0.2) is 18.2 Å². The highest BCUT2D eigenvalue weighted by atomic mass is 35.5. The molecule has 1 aromatic rings. The Bertz CT molecular complexity index is 370. The van der Waals surface area contributed by atoms with E-state index >= 15 is 0 Å². The maximum absolute atomic E-state index is 10.9. The number of carbonyl (C=O) groups excluding carboxylic acids is 1. The van der Waals surface area contributed by atoms with Crippen molar-refractivity contribution in [1.82, 2.24) is 4.90 Å². The molecule has 0 radical (unpaired) electrons. The summed E-state index contributed by atoms with van der Waals surface area (Å²) in [6.45, 7) is 0.478. The molecule has 0 atom stereocenters. The zero-order chi connectivity index (χ0) is 11.4. The Hall–Kier alpha value is -0.870. The van der Waals surface area contributed by atoms with Crippen LogP contribution in [0.25, 0.3) is 0 Å². The van der Waals surface area contributed by atoms with Crippen molar-refractivity contribution in [3.8, 4) is 5.75 Å². The molecular formula is C10H12ClNO2S. The smallest absolute Gasteiger partial charge is 0.278 e. The molecule has 0 N–H and O–H groups in total. The SMILES string of the molecule is COc1ccc(CN(C)C(=O)S)cc1Cl. The van der Waals surface area contributed by atoms with Crippen LogP contribution >= 0.6 is 24.2 Å². The van der Waals surface area contributed by atoms with Gasteiger partial charge in [0, 0.05) is 13.6 Å². The first-order valence-corrected chi connectivity index (χ1v) is 5.13. The number of methoxy groups -OCH3 is 1. The van der Waals surface area contributed by atoms with Crippen LogP contribution < -0.4 is 4.74 Å². The van der Waals surface area contributed by atoms with Crippen molar-refractivity contribution in [3.63, 3.8) is 0 Å². The van der Waals surface area contributed by atoms with E-state index in [2.05, 4.69) is 12.6 Å². The number of hydrogen-bond acceptors (Lipinski definition) is 2. The lowest BCUT2D eigenvalue weighted by Crippen LogP contribution is -2.20. The molecule has 0 unspecified atom stereocenters. The average molecular weight is 246 g/mol. The van der Waals surface area contributed by atoms with E-state index < -0.39 is 0 Å². The van der Waals surface area contributed by atoms with Gasteiger partial charge in [-0.3, -0.25) is 4.79 Å². The fourth-order valence-corrected chi connectivity index (χ4v) is 1.50. The Morgan fingerprint density at radius 3 is 2.73 bits per heavy atom. The number of halogens is 1. The van der Waals surface area contributed by atoms with Crippen molar-refractivity contribution in [2.24, 2.45) is 0 Å². The molecule has 1 amide bonds. The molecule has 0 heterocycles. The molecule has 0 aromatic heterocycles. The number of rotatable bonds is 3. The summed E-state index contributed by atoms with van der Waals surface area (Å²) in [4.78, 5) is 12.4. The molecule has 0 aliphatic carbocycles. The Kier molecular flexibility index (Phi) is 4.29. The largest absolute Gasteiger partial charge is 0.495 e. The number of nitrogens with zero attached hydrogens (tertiary/aromatic N) is 1. The van der Waals surface area contributed by atoms with E-state index in [1.807, 2.05) is 6.07 Å². The van der Waals surface area contributed by atoms with Gasteiger partial charge in [0.1, 0.15) is 5.75 Å². The number of benzene rings is 1. The van der Waals surface area contributed by atoms with Gasteiger partial charge in [-0.25, -0.2) is 0 Å². The minimum Gasteiger partial charge on any atom is -0.495 e. The van der Waals surface area contributed by atoms with Crippen LogP contribution in [0.3, 0.4) is 0 Å². The predicted molar refractivity (Wildman–Crippen MR) is 63.9 cm³/mol. The van der Waals surface area contributed by atoms with Crippen molar-refractivity contribution < 1.29 is 9.53 Å². The summed E-state index contributed by atoms with van der Waals surface area (Å²) in [5.74, 6) is 0.625. The number of hydrogen-bond donors (Lipinski definition) is 1. The number of amides is 1. The fraction of sp³-hybridized carbons (Fsp3) is 0.300. The molecule has 82 valence electrons. The van der Waals surface area contributed by atoms with Gasteiger partial charge >= 0.3 is 0 Å². The monoisotopic (exact) mass is 245 g/mol. The van der Waals surface area contributed by atoms with Gasteiger partial charge in [0.15, 0.2) is 0 Å². The second-order valence-electron chi connectivity index (χ2n) is 3.11. The molecule has 15 heavy (non-hydrogen) atoms. The first kappa shape index (κ1) is 12.2. The minimum absolute atomic E-state index is 0.276. The van der Waals surface area contributed by atoms with Crippen molar-refractivity contribution in [2.75, 3.05) is 14.2 Å². The minimum atomic E-state index is -0.276. The zero-order valence-electron chi connectivity index (χ0n) is 8.53. The summed E-state index contributed by atoms with van der Waals surface area (Å²) in [5, 5.41) is 0.261. The van der Waals surface area contributed by atoms with Crippen molar-refractivity contribution in [2.45, 2.75) is 6.54 Å². The standard InChI is InChI=1S/C10H12ClNO2S/c1-12(10(13)15)6-7-3-4-9(14-2)8(11)5-7/h3-5H,6H2,1-2H3,(H,13,15). The highest BCUT2D eigenvalue weighted by Crippen LogP contribution is 2.25. The normalized spacial score (nSPS) is 9.87. The molecule has 0 spiro atoms. The van der Waals surface area contributed by atoms with Crippen LogP contribution in [0, 0.1) is 0 Å². The second kappa shape index (κ2) is 5.28. The molecule has 1 rings (SSSR count). The third-order valence-corrected chi connectivity index (χ3v) is 2.60. The van der Waals surface area contributed by atoms with E-state index in [1.54, 1.807) is 26.3 Å². The summed E-state index contributed by atoms with van der Waals surface area (Å²) in [5.41, 5.74) is 0.936. The van der Waals surface area contributed by atoms with Crippen LogP contribution in [0.5, 0.6) is 5.75 Å². The third-order valence-electron chi connectivity index (χ3n) is 1.96. The van der Waals surface area contributed by atoms with Crippen molar-refractivity contribution >= 4 is 29.5 Å². The summed E-state index contributed by atoms with van der Waals surface area (Å²) in [7, 11) is 3.23. The van der Waals surface area contributed by atoms with Gasteiger partial charge in [0.25, 0.3) is 5.24 Å². The summed E-state index contributed by atoms with van der Waals surface area (Å²) < 4.78 is 5.02. The molecule has 0 aliphatic rings. The summed E-state index contributed by atoms with van der Waals surface area (Å²) >= 11 is 9.66. The van der Waals surface area contributed by atoms with Crippen LogP contribution in [0.4, 0.5) is 4.79 Å². The molecule has 0 fully saturated rings. The van der Waals surface area contributed by atoms with Crippen LogP contribution in [-0.2, 0) is 6.54 Å². The Balaban J connectivity index is 2.79. The first-order valence-electron chi connectivity index (χ1n) is 4.31. The lowest BCUT2D eigenvalue weighted by molar-refractivity contribution is 0.232. The van der Waals surface area contributed by atoms with Crippen LogP contribution in [0.1, 0.15) is 5.56 Å². The summed E-state index contributed by atoms with van der Waals surface area (Å²) in [6.07, 6.45) is 0. The first-order chi connectivity index (χ1) is 7.04. The predicted octanol–water partition coefficient (Wildman–Crippen LogP) is 2.83. The van der Waals surface area contributed by atoms with E-state index in [4.69, 9.17) is 16.3 Å². The lowest BCUT2D eigenvalue weighted by Gasteiger charge is -2.14. The van der Waals surface area contributed by atoms with Gasteiger partial charge in [-0.1, -0.05) is 30.3 Å². The van der Waals surface area contributed by atoms with Crippen LogP contribution in [0.2, 0.25) is 5.02 Å². The molecular weight excluding hydrogens is 234 g/mol. The maximum Gasteiger partial charge on any atom is 0.278 e. The molecule has 0 aliphatic heterocycles. The molecule has 5 heteroatoms. The Labute approximate surface area is 99.4 Å². The number of ether oxygens (including phenoxy) is 1. The van der Waals surface area contributed by atoms with Gasteiger partial charge in [-0.15, -0.1) is 0 Å².